The fraction of sp³-hybridized carbons (Fsp3) is 0.750. The van der Waals surface area contributed by atoms with E-state index in [1.54, 1.807) is 0 Å². The summed E-state index contributed by atoms with van der Waals surface area (Å²) in [5.74, 6) is 1.21. The predicted octanol–water partition coefficient (Wildman–Crippen LogP) is 2.44. The van der Waals surface area contributed by atoms with E-state index in [0.717, 1.165) is 25.3 Å². The molecule has 0 fully saturated rings. The molecule has 4 heteroatoms. The molecule has 1 aromatic rings. The van der Waals surface area contributed by atoms with Gasteiger partial charge >= 0.3 is 0 Å². The summed E-state index contributed by atoms with van der Waals surface area (Å²) in [6, 6.07) is 0. The second-order valence-electron chi connectivity index (χ2n) is 4.03. The third-order valence-electron chi connectivity index (χ3n) is 2.53. The minimum atomic E-state index is 0.947. The summed E-state index contributed by atoms with van der Waals surface area (Å²) < 4.78 is 2.08. The third kappa shape index (κ3) is 4.58. The van der Waals surface area contributed by atoms with Crippen LogP contribution in [0.1, 0.15) is 31.0 Å². The van der Waals surface area contributed by atoms with Crippen LogP contribution in [0.15, 0.2) is 6.20 Å². The first-order valence-electron chi connectivity index (χ1n) is 6.00. The van der Waals surface area contributed by atoms with E-state index in [9.17, 15) is 0 Å². The number of nitrogens with one attached hydrogen (secondary N) is 1. The highest BCUT2D eigenvalue weighted by Gasteiger charge is 2.03. The minimum Gasteiger partial charge on any atom is -0.313 e. The van der Waals surface area contributed by atoms with Crippen molar-refractivity contribution in [3.8, 4) is 0 Å². The van der Waals surface area contributed by atoms with Crippen molar-refractivity contribution in [2.75, 3.05) is 18.6 Å². The topological polar surface area (TPSA) is 29.9 Å². The number of thioether (sulfide) groups is 1. The number of aromatic nitrogens is 2. The Morgan fingerprint density at radius 2 is 2.31 bits per heavy atom. The summed E-state index contributed by atoms with van der Waals surface area (Å²) in [5.41, 5.74) is 2.49. The quantitative estimate of drug-likeness (QED) is 0.709. The largest absolute Gasteiger partial charge is 0.313 e. The third-order valence-corrected chi connectivity index (χ3v) is 3.22. The summed E-state index contributed by atoms with van der Waals surface area (Å²) in [6.45, 7) is 7.34. The first kappa shape index (κ1) is 13.6. The van der Waals surface area contributed by atoms with Crippen molar-refractivity contribution in [1.82, 2.24) is 15.1 Å². The average molecular weight is 241 g/mol. The Bertz CT molecular complexity index is 296. The molecule has 0 aromatic carbocycles. The van der Waals surface area contributed by atoms with Gasteiger partial charge in [-0.15, -0.1) is 0 Å². The van der Waals surface area contributed by atoms with Gasteiger partial charge in [-0.2, -0.15) is 16.9 Å². The van der Waals surface area contributed by atoms with E-state index in [4.69, 9.17) is 0 Å². The number of nitrogens with zero attached hydrogens (tertiary/aromatic N) is 2. The molecule has 0 aliphatic carbocycles. The van der Waals surface area contributed by atoms with Crippen molar-refractivity contribution in [1.29, 1.82) is 0 Å². The Kier molecular flexibility index (Phi) is 6.57. The van der Waals surface area contributed by atoms with Crippen LogP contribution in [-0.2, 0) is 13.1 Å². The van der Waals surface area contributed by atoms with Gasteiger partial charge in [0, 0.05) is 24.8 Å². The van der Waals surface area contributed by atoms with Crippen LogP contribution in [0.25, 0.3) is 0 Å². The Morgan fingerprint density at radius 3 is 3.00 bits per heavy atom. The van der Waals surface area contributed by atoms with Crippen LogP contribution in [0, 0.1) is 6.92 Å². The Morgan fingerprint density at radius 1 is 1.50 bits per heavy atom. The van der Waals surface area contributed by atoms with Gasteiger partial charge in [-0.1, -0.05) is 6.92 Å². The Hall–Kier alpha value is -0.480. The zero-order valence-electron chi connectivity index (χ0n) is 10.6. The van der Waals surface area contributed by atoms with Gasteiger partial charge in [0.25, 0.3) is 0 Å². The zero-order chi connectivity index (χ0) is 11.8. The molecule has 92 valence electrons. The van der Waals surface area contributed by atoms with Crippen molar-refractivity contribution in [2.45, 2.75) is 39.8 Å². The lowest BCUT2D eigenvalue weighted by Gasteiger charge is -2.00. The van der Waals surface area contributed by atoms with E-state index in [0.29, 0.717) is 0 Å². The maximum Gasteiger partial charge on any atom is 0.0638 e. The van der Waals surface area contributed by atoms with E-state index in [1.165, 1.54) is 24.2 Å². The van der Waals surface area contributed by atoms with Crippen LogP contribution in [0.5, 0.6) is 0 Å². The molecule has 0 saturated carbocycles. The Balaban J connectivity index is 2.39. The van der Waals surface area contributed by atoms with Gasteiger partial charge in [0.1, 0.15) is 0 Å². The maximum atomic E-state index is 4.53. The first-order valence-corrected chi connectivity index (χ1v) is 7.40. The van der Waals surface area contributed by atoms with Crippen LogP contribution < -0.4 is 5.32 Å². The van der Waals surface area contributed by atoms with Crippen molar-refractivity contribution < 1.29 is 0 Å². The molecule has 0 aliphatic heterocycles. The predicted molar refractivity (Wildman–Crippen MR) is 72.0 cm³/mol. The van der Waals surface area contributed by atoms with Crippen molar-refractivity contribution in [3.63, 3.8) is 0 Å². The van der Waals surface area contributed by atoms with E-state index < -0.39 is 0 Å². The number of hydrogen-bond donors (Lipinski definition) is 1. The molecule has 1 aromatic heterocycles. The van der Waals surface area contributed by atoms with E-state index in [2.05, 4.69) is 41.4 Å². The molecule has 0 radical (unpaired) electrons. The van der Waals surface area contributed by atoms with Gasteiger partial charge in [-0.25, -0.2) is 0 Å². The molecule has 1 rings (SSSR count). The fourth-order valence-electron chi connectivity index (χ4n) is 1.62. The molecule has 0 saturated heterocycles. The molecule has 0 amide bonds. The zero-order valence-corrected chi connectivity index (χ0v) is 11.4. The SMILES string of the molecule is CCCNCc1cn(CCCSC)nc1C. The average Bonchev–Trinajstić information content (AvgIpc) is 2.61. The molecule has 0 aliphatic rings. The smallest absolute Gasteiger partial charge is 0.0638 e. The normalized spacial score (nSPS) is 10.9. The van der Waals surface area contributed by atoms with Crippen molar-refractivity contribution in [2.24, 2.45) is 0 Å². The number of rotatable bonds is 8. The van der Waals surface area contributed by atoms with Crippen LogP contribution in [0.4, 0.5) is 0 Å². The molecule has 16 heavy (non-hydrogen) atoms. The molecule has 3 nitrogen and oxygen atoms in total. The van der Waals surface area contributed by atoms with Crippen LogP contribution >= 0.6 is 11.8 Å². The summed E-state index contributed by atoms with van der Waals surface area (Å²) >= 11 is 1.90. The minimum absolute atomic E-state index is 0.947. The lowest BCUT2D eigenvalue weighted by molar-refractivity contribution is 0.601. The van der Waals surface area contributed by atoms with Crippen molar-refractivity contribution in [3.05, 3.63) is 17.5 Å². The fourth-order valence-corrected chi connectivity index (χ4v) is 2.04. The molecular formula is C12H23N3S. The highest BCUT2D eigenvalue weighted by atomic mass is 32.2. The number of hydrogen-bond acceptors (Lipinski definition) is 3. The van der Waals surface area contributed by atoms with Gasteiger partial charge in [-0.05, 0) is 38.3 Å². The molecule has 0 atom stereocenters. The lowest BCUT2D eigenvalue weighted by atomic mass is 10.2. The van der Waals surface area contributed by atoms with E-state index >= 15 is 0 Å². The molecular weight excluding hydrogens is 218 g/mol. The van der Waals surface area contributed by atoms with E-state index in [-0.39, 0.29) is 0 Å². The molecule has 0 bridgehead atoms. The molecule has 0 spiro atoms. The monoisotopic (exact) mass is 241 g/mol. The van der Waals surface area contributed by atoms with Gasteiger partial charge in [-0.3, -0.25) is 4.68 Å². The molecule has 1 heterocycles. The lowest BCUT2D eigenvalue weighted by Crippen LogP contribution is -2.13. The maximum absolute atomic E-state index is 4.53. The second-order valence-corrected chi connectivity index (χ2v) is 5.01. The van der Waals surface area contributed by atoms with Gasteiger partial charge in [0.05, 0.1) is 5.69 Å². The molecule has 1 N–H and O–H groups in total. The number of aryl methyl sites for hydroxylation is 2. The summed E-state index contributed by atoms with van der Waals surface area (Å²) in [5, 5.41) is 7.94. The molecule has 0 unspecified atom stereocenters. The van der Waals surface area contributed by atoms with Crippen molar-refractivity contribution >= 4 is 11.8 Å². The first-order chi connectivity index (χ1) is 7.77. The van der Waals surface area contributed by atoms with E-state index in [1.807, 2.05) is 11.8 Å². The second kappa shape index (κ2) is 7.74. The van der Waals surface area contributed by atoms with Crippen LogP contribution in [-0.4, -0.2) is 28.3 Å². The van der Waals surface area contributed by atoms with Crippen LogP contribution in [0.3, 0.4) is 0 Å². The van der Waals surface area contributed by atoms with Gasteiger partial charge < -0.3 is 5.32 Å². The highest BCUT2D eigenvalue weighted by molar-refractivity contribution is 7.98. The Labute approximate surface area is 103 Å². The summed E-state index contributed by atoms with van der Waals surface area (Å²) in [6.07, 6.45) is 6.71. The van der Waals surface area contributed by atoms with Gasteiger partial charge in [0.2, 0.25) is 0 Å². The van der Waals surface area contributed by atoms with Crippen LogP contribution in [0.2, 0.25) is 0 Å². The standard InChI is InChI=1S/C12H23N3S/c1-4-6-13-9-12-10-15(14-11(12)2)7-5-8-16-3/h10,13H,4-9H2,1-3H3. The summed E-state index contributed by atoms with van der Waals surface area (Å²) in [7, 11) is 0. The summed E-state index contributed by atoms with van der Waals surface area (Å²) in [4.78, 5) is 0. The highest BCUT2D eigenvalue weighted by Crippen LogP contribution is 2.06. The van der Waals surface area contributed by atoms with Gasteiger partial charge in [0.15, 0.2) is 0 Å².